The van der Waals surface area contributed by atoms with E-state index in [9.17, 15) is 9.59 Å². The molecule has 0 bridgehead atoms. The largest absolute Gasteiger partial charge is 0.389 e. The molecule has 2 amide bonds. The minimum Gasteiger partial charge on any atom is -0.389 e. The first-order chi connectivity index (χ1) is 5.11. The van der Waals surface area contributed by atoms with Crippen LogP contribution in [0.25, 0.3) is 0 Å². The van der Waals surface area contributed by atoms with E-state index in [-0.39, 0.29) is 18.4 Å². The van der Waals surface area contributed by atoms with Gasteiger partial charge < -0.3 is 15.7 Å². The van der Waals surface area contributed by atoms with E-state index in [1.807, 2.05) is 0 Å². The fourth-order valence-electron chi connectivity index (χ4n) is 0.988. The molecule has 2 atom stereocenters. The molecule has 1 aliphatic heterocycles. The van der Waals surface area contributed by atoms with Crippen LogP contribution >= 0.6 is 0 Å². The molecule has 11 heavy (non-hydrogen) atoms. The Kier molecular flexibility index (Phi) is 2.09. The van der Waals surface area contributed by atoms with Crippen LogP contribution in [0.1, 0.15) is 6.92 Å². The van der Waals surface area contributed by atoms with Crippen LogP contribution in [0, 0.1) is 0 Å². The molecule has 1 saturated heterocycles. The number of β-amino-alcohol motifs (C(OH)–C–C–N with tert-alkyl or cyclic N) is 1. The summed E-state index contributed by atoms with van der Waals surface area (Å²) in [5.41, 5.74) is 0. The molecule has 1 aliphatic rings. The van der Waals surface area contributed by atoms with E-state index < -0.39 is 12.1 Å². The average molecular weight is 158 g/mol. The van der Waals surface area contributed by atoms with Crippen LogP contribution < -0.4 is 10.6 Å². The van der Waals surface area contributed by atoms with Gasteiger partial charge >= 0.3 is 0 Å². The van der Waals surface area contributed by atoms with E-state index >= 15 is 0 Å². The zero-order chi connectivity index (χ0) is 8.43. The van der Waals surface area contributed by atoms with Gasteiger partial charge in [0, 0.05) is 13.5 Å². The number of nitrogens with one attached hydrogen (secondary N) is 2. The van der Waals surface area contributed by atoms with Gasteiger partial charge in [0.15, 0.2) is 0 Å². The maximum atomic E-state index is 10.8. The lowest BCUT2D eigenvalue weighted by Gasteiger charge is -2.10. The lowest BCUT2D eigenvalue weighted by molar-refractivity contribution is -0.127. The fourth-order valence-corrected chi connectivity index (χ4v) is 0.988. The molecule has 5 nitrogen and oxygen atoms in total. The quantitative estimate of drug-likeness (QED) is 0.412. The number of carbonyl (C=O) groups excluding carboxylic acids is 2. The van der Waals surface area contributed by atoms with Gasteiger partial charge in [0.1, 0.15) is 12.1 Å². The monoisotopic (exact) mass is 158 g/mol. The summed E-state index contributed by atoms with van der Waals surface area (Å²) in [6.45, 7) is 1.52. The zero-order valence-corrected chi connectivity index (χ0v) is 6.13. The van der Waals surface area contributed by atoms with Gasteiger partial charge in [0.25, 0.3) is 0 Å². The maximum absolute atomic E-state index is 10.8. The Morgan fingerprint density at radius 2 is 2.45 bits per heavy atom. The summed E-state index contributed by atoms with van der Waals surface area (Å²) < 4.78 is 0. The summed E-state index contributed by atoms with van der Waals surface area (Å²) in [7, 11) is 0. The van der Waals surface area contributed by atoms with Crippen molar-refractivity contribution < 1.29 is 14.7 Å². The van der Waals surface area contributed by atoms with Crippen LogP contribution in [0.4, 0.5) is 0 Å². The minimum atomic E-state index is -0.800. The smallest absolute Gasteiger partial charge is 0.245 e. The normalized spacial score (nSPS) is 29.8. The van der Waals surface area contributed by atoms with Gasteiger partial charge in [-0.1, -0.05) is 0 Å². The summed E-state index contributed by atoms with van der Waals surface area (Å²) in [4.78, 5) is 21.3. The van der Waals surface area contributed by atoms with Crippen molar-refractivity contribution in [3.63, 3.8) is 0 Å². The van der Waals surface area contributed by atoms with Crippen molar-refractivity contribution in [1.29, 1.82) is 0 Å². The molecule has 0 aromatic heterocycles. The molecule has 0 aliphatic carbocycles. The molecule has 0 aromatic rings. The molecular formula is C6H10N2O3. The van der Waals surface area contributed by atoms with Crippen molar-refractivity contribution in [2.45, 2.75) is 19.1 Å². The number of amides is 2. The molecule has 1 fully saturated rings. The second-order valence-corrected chi connectivity index (χ2v) is 2.49. The Bertz CT molecular complexity index is 192. The number of rotatable bonds is 1. The van der Waals surface area contributed by atoms with E-state index in [1.54, 1.807) is 0 Å². The zero-order valence-electron chi connectivity index (χ0n) is 6.13. The first kappa shape index (κ1) is 8.00. The van der Waals surface area contributed by atoms with Crippen LogP contribution in [-0.2, 0) is 9.59 Å². The van der Waals surface area contributed by atoms with Gasteiger partial charge in [0.05, 0.1) is 0 Å². The Hall–Kier alpha value is -1.10. The van der Waals surface area contributed by atoms with Crippen molar-refractivity contribution in [3.05, 3.63) is 0 Å². The highest BCUT2D eigenvalue weighted by Crippen LogP contribution is 2.00. The lowest BCUT2D eigenvalue weighted by Crippen LogP contribution is -2.44. The van der Waals surface area contributed by atoms with E-state index in [0.29, 0.717) is 0 Å². The summed E-state index contributed by atoms with van der Waals surface area (Å²) in [5, 5.41) is 13.9. The summed E-state index contributed by atoms with van der Waals surface area (Å²) in [5.74, 6) is -0.640. The number of aliphatic hydroxyl groups excluding tert-OH is 1. The average Bonchev–Trinajstić information content (AvgIpc) is 2.18. The number of aliphatic hydroxyl groups is 1. The third-order valence-corrected chi connectivity index (χ3v) is 1.51. The lowest BCUT2D eigenvalue weighted by atomic mass is 10.2. The third-order valence-electron chi connectivity index (χ3n) is 1.51. The van der Waals surface area contributed by atoms with Crippen molar-refractivity contribution in [1.82, 2.24) is 10.6 Å². The maximum Gasteiger partial charge on any atom is 0.245 e. The molecule has 62 valence electrons. The molecule has 1 heterocycles. The van der Waals surface area contributed by atoms with Crippen LogP contribution in [0.15, 0.2) is 0 Å². The third kappa shape index (κ3) is 1.68. The van der Waals surface area contributed by atoms with Crippen LogP contribution in [0.2, 0.25) is 0 Å². The topological polar surface area (TPSA) is 78.4 Å². The van der Waals surface area contributed by atoms with E-state index in [0.717, 1.165) is 0 Å². The van der Waals surface area contributed by atoms with Gasteiger partial charge in [-0.2, -0.15) is 0 Å². The van der Waals surface area contributed by atoms with Crippen molar-refractivity contribution in [2.24, 2.45) is 0 Å². The highest BCUT2D eigenvalue weighted by Gasteiger charge is 2.33. The molecule has 0 aromatic carbocycles. The summed E-state index contributed by atoms with van der Waals surface area (Å²) in [6, 6.07) is -0.771. The molecule has 5 heteroatoms. The number of hydrogen-bond acceptors (Lipinski definition) is 3. The van der Waals surface area contributed by atoms with Gasteiger partial charge in [-0.05, 0) is 0 Å². The molecule has 0 saturated carbocycles. The highest BCUT2D eigenvalue weighted by atomic mass is 16.3. The fraction of sp³-hybridized carbons (Fsp3) is 0.667. The molecule has 0 spiro atoms. The van der Waals surface area contributed by atoms with Gasteiger partial charge in [-0.15, -0.1) is 0 Å². The Balaban J connectivity index is 2.54. The van der Waals surface area contributed by atoms with E-state index in [2.05, 4.69) is 10.6 Å². The summed E-state index contributed by atoms with van der Waals surface area (Å²) in [6.07, 6.45) is -0.800. The molecule has 0 radical (unpaired) electrons. The minimum absolute atomic E-state index is 0.212. The molecule has 2 unspecified atom stereocenters. The highest BCUT2D eigenvalue weighted by molar-refractivity contribution is 5.89. The summed E-state index contributed by atoms with van der Waals surface area (Å²) >= 11 is 0. The van der Waals surface area contributed by atoms with Crippen LogP contribution in [0.3, 0.4) is 0 Å². The van der Waals surface area contributed by atoms with E-state index in [1.165, 1.54) is 6.92 Å². The molecule has 1 rings (SSSR count). The number of hydrogen-bond donors (Lipinski definition) is 3. The second-order valence-electron chi connectivity index (χ2n) is 2.49. The van der Waals surface area contributed by atoms with Crippen molar-refractivity contribution in [2.75, 3.05) is 6.54 Å². The Morgan fingerprint density at radius 3 is 2.82 bits per heavy atom. The van der Waals surface area contributed by atoms with Crippen LogP contribution in [-0.4, -0.2) is 35.6 Å². The SMILES string of the molecule is CC(=O)NC1C(=O)NCC1O. The molecular weight excluding hydrogens is 148 g/mol. The van der Waals surface area contributed by atoms with Gasteiger partial charge in [-0.3, -0.25) is 9.59 Å². The second kappa shape index (κ2) is 2.87. The van der Waals surface area contributed by atoms with Gasteiger partial charge in [0.2, 0.25) is 11.8 Å². The predicted molar refractivity (Wildman–Crippen MR) is 36.6 cm³/mol. The standard InChI is InChI=1S/C6H10N2O3/c1-3(9)8-5-4(10)2-7-6(5)11/h4-5,10H,2H2,1H3,(H,7,11)(H,8,9). The Labute approximate surface area is 63.8 Å². The first-order valence-electron chi connectivity index (χ1n) is 3.34. The van der Waals surface area contributed by atoms with E-state index in [4.69, 9.17) is 5.11 Å². The van der Waals surface area contributed by atoms with Crippen LogP contribution in [0.5, 0.6) is 0 Å². The molecule has 3 N–H and O–H groups in total. The number of carbonyl (C=O) groups is 2. The Morgan fingerprint density at radius 1 is 1.82 bits per heavy atom. The predicted octanol–water partition coefficient (Wildman–Crippen LogP) is -2.02. The van der Waals surface area contributed by atoms with Crippen molar-refractivity contribution >= 4 is 11.8 Å². The first-order valence-corrected chi connectivity index (χ1v) is 3.34. The van der Waals surface area contributed by atoms with Crippen molar-refractivity contribution in [3.8, 4) is 0 Å². The van der Waals surface area contributed by atoms with Gasteiger partial charge in [-0.25, -0.2) is 0 Å².